The Labute approximate surface area is 100 Å². The van der Waals surface area contributed by atoms with Crippen LogP contribution in [0.1, 0.15) is 34.8 Å². The SMILES string of the molecule is CCOC(=O)c1ccc(CCC=O)cc1CO. The van der Waals surface area contributed by atoms with E-state index in [1.54, 1.807) is 25.1 Å². The Kier molecular flexibility index (Phi) is 5.36. The van der Waals surface area contributed by atoms with E-state index in [1.165, 1.54) is 0 Å². The Bertz CT molecular complexity index is 398. The number of aliphatic hydroxyl groups is 1. The highest BCUT2D eigenvalue weighted by Crippen LogP contribution is 2.15. The van der Waals surface area contributed by atoms with Gasteiger partial charge in [0.1, 0.15) is 6.29 Å². The van der Waals surface area contributed by atoms with Crippen LogP contribution in [0.4, 0.5) is 0 Å². The lowest BCUT2D eigenvalue weighted by atomic mass is 10.0. The minimum atomic E-state index is -0.432. The molecule has 0 spiro atoms. The first-order chi connectivity index (χ1) is 8.22. The van der Waals surface area contributed by atoms with Crippen molar-refractivity contribution in [2.75, 3.05) is 6.61 Å². The van der Waals surface area contributed by atoms with Crippen LogP contribution in [-0.2, 0) is 22.6 Å². The van der Waals surface area contributed by atoms with Crippen LogP contribution in [0.15, 0.2) is 18.2 Å². The predicted molar refractivity (Wildman–Crippen MR) is 62.7 cm³/mol. The lowest BCUT2D eigenvalue weighted by Gasteiger charge is -2.08. The van der Waals surface area contributed by atoms with Gasteiger partial charge in [0.2, 0.25) is 0 Å². The van der Waals surface area contributed by atoms with Crippen LogP contribution in [0.5, 0.6) is 0 Å². The number of ether oxygens (including phenoxy) is 1. The average molecular weight is 236 g/mol. The molecular formula is C13H16O4. The zero-order chi connectivity index (χ0) is 12.7. The van der Waals surface area contributed by atoms with E-state index in [1.807, 2.05) is 0 Å². The van der Waals surface area contributed by atoms with E-state index in [9.17, 15) is 14.7 Å². The van der Waals surface area contributed by atoms with Gasteiger partial charge < -0.3 is 14.6 Å². The van der Waals surface area contributed by atoms with Gasteiger partial charge in [0.05, 0.1) is 18.8 Å². The summed E-state index contributed by atoms with van der Waals surface area (Å²) < 4.78 is 4.89. The Morgan fingerprint density at radius 1 is 1.47 bits per heavy atom. The maximum absolute atomic E-state index is 11.6. The molecule has 1 aromatic rings. The Morgan fingerprint density at radius 3 is 2.82 bits per heavy atom. The second kappa shape index (κ2) is 6.81. The molecule has 0 aliphatic carbocycles. The van der Waals surface area contributed by atoms with Crippen LogP contribution in [-0.4, -0.2) is 24.0 Å². The fourth-order valence-electron chi connectivity index (χ4n) is 1.57. The van der Waals surface area contributed by atoms with Crippen LogP contribution >= 0.6 is 0 Å². The van der Waals surface area contributed by atoms with Crippen molar-refractivity contribution in [3.05, 3.63) is 34.9 Å². The summed E-state index contributed by atoms with van der Waals surface area (Å²) in [6.45, 7) is 1.81. The van der Waals surface area contributed by atoms with E-state index < -0.39 is 5.97 Å². The summed E-state index contributed by atoms with van der Waals surface area (Å²) >= 11 is 0. The quantitative estimate of drug-likeness (QED) is 0.600. The summed E-state index contributed by atoms with van der Waals surface area (Å²) in [5.41, 5.74) is 1.84. The Balaban J connectivity index is 2.92. The summed E-state index contributed by atoms with van der Waals surface area (Å²) in [5.74, 6) is -0.432. The maximum Gasteiger partial charge on any atom is 0.338 e. The van der Waals surface area contributed by atoms with Gasteiger partial charge in [-0.15, -0.1) is 0 Å². The van der Waals surface area contributed by atoms with Gasteiger partial charge in [0, 0.05) is 6.42 Å². The van der Waals surface area contributed by atoms with Gasteiger partial charge in [0.15, 0.2) is 0 Å². The third-order valence-electron chi connectivity index (χ3n) is 2.39. The summed E-state index contributed by atoms with van der Waals surface area (Å²) in [4.78, 5) is 21.8. The predicted octanol–water partition coefficient (Wildman–Crippen LogP) is 1.49. The monoisotopic (exact) mass is 236 g/mol. The minimum absolute atomic E-state index is 0.219. The molecule has 4 nitrogen and oxygen atoms in total. The normalized spacial score (nSPS) is 10.0. The molecule has 0 heterocycles. The highest BCUT2D eigenvalue weighted by atomic mass is 16.5. The number of hydrogen-bond acceptors (Lipinski definition) is 4. The molecule has 0 unspecified atom stereocenters. The third-order valence-corrected chi connectivity index (χ3v) is 2.39. The number of esters is 1. The van der Waals surface area contributed by atoms with E-state index in [-0.39, 0.29) is 6.61 Å². The largest absolute Gasteiger partial charge is 0.462 e. The average Bonchev–Trinajstić information content (AvgIpc) is 2.36. The number of carbonyl (C=O) groups excluding carboxylic acids is 2. The molecule has 0 saturated carbocycles. The van der Waals surface area contributed by atoms with Gasteiger partial charge in [0.25, 0.3) is 0 Å². The molecule has 0 fully saturated rings. The van der Waals surface area contributed by atoms with Crippen molar-refractivity contribution < 1.29 is 19.4 Å². The third kappa shape index (κ3) is 3.67. The van der Waals surface area contributed by atoms with Crippen molar-refractivity contribution in [3.63, 3.8) is 0 Å². The first-order valence-electron chi connectivity index (χ1n) is 5.56. The second-order valence-corrected chi connectivity index (χ2v) is 3.58. The van der Waals surface area contributed by atoms with E-state index in [4.69, 9.17) is 4.74 Å². The van der Waals surface area contributed by atoms with Crippen molar-refractivity contribution >= 4 is 12.3 Å². The minimum Gasteiger partial charge on any atom is -0.462 e. The zero-order valence-corrected chi connectivity index (χ0v) is 9.81. The Hall–Kier alpha value is -1.68. The molecule has 0 atom stereocenters. The van der Waals surface area contributed by atoms with E-state index in [0.29, 0.717) is 30.6 Å². The smallest absolute Gasteiger partial charge is 0.338 e. The van der Waals surface area contributed by atoms with Crippen molar-refractivity contribution in [2.45, 2.75) is 26.4 Å². The molecule has 17 heavy (non-hydrogen) atoms. The van der Waals surface area contributed by atoms with Crippen LogP contribution < -0.4 is 0 Å². The topological polar surface area (TPSA) is 63.6 Å². The number of carbonyl (C=O) groups is 2. The number of aryl methyl sites for hydroxylation is 1. The van der Waals surface area contributed by atoms with E-state index in [0.717, 1.165) is 11.8 Å². The molecule has 0 bridgehead atoms. The van der Waals surface area contributed by atoms with E-state index >= 15 is 0 Å². The number of hydrogen-bond donors (Lipinski definition) is 1. The van der Waals surface area contributed by atoms with Gasteiger partial charge in [-0.1, -0.05) is 12.1 Å². The maximum atomic E-state index is 11.6. The molecule has 92 valence electrons. The van der Waals surface area contributed by atoms with Crippen LogP contribution in [0.25, 0.3) is 0 Å². The molecule has 0 aromatic heterocycles. The Morgan fingerprint density at radius 2 is 2.24 bits per heavy atom. The van der Waals surface area contributed by atoms with Crippen molar-refractivity contribution in [2.24, 2.45) is 0 Å². The molecule has 0 aliphatic heterocycles. The fraction of sp³-hybridized carbons (Fsp3) is 0.385. The second-order valence-electron chi connectivity index (χ2n) is 3.58. The number of rotatable bonds is 6. The van der Waals surface area contributed by atoms with Crippen LogP contribution in [0, 0.1) is 0 Å². The number of aldehydes is 1. The molecule has 0 radical (unpaired) electrons. The summed E-state index contributed by atoms with van der Waals surface area (Å²) in [6, 6.07) is 5.13. The molecule has 1 N–H and O–H groups in total. The van der Waals surface area contributed by atoms with Crippen LogP contribution in [0.2, 0.25) is 0 Å². The molecule has 1 aromatic carbocycles. The van der Waals surface area contributed by atoms with Gasteiger partial charge in [-0.2, -0.15) is 0 Å². The number of aliphatic hydroxyl groups excluding tert-OH is 1. The number of benzene rings is 1. The summed E-state index contributed by atoms with van der Waals surface area (Å²) in [7, 11) is 0. The van der Waals surface area contributed by atoms with Crippen molar-refractivity contribution in [1.82, 2.24) is 0 Å². The first-order valence-corrected chi connectivity index (χ1v) is 5.56. The van der Waals surface area contributed by atoms with Gasteiger partial charge >= 0.3 is 5.97 Å². The standard InChI is InChI=1S/C13H16O4/c1-2-17-13(16)12-6-5-10(4-3-7-14)8-11(12)9-15/h5-8,15H,2-4,9H2,1H3. The molecule has 1 rings (SSSR count). The van der Waals surface area contributed by atoms with Gasteiger partial charge in [-0.25, -0.2) is 4.79 Å². The highest BCUT2D eigenvalue weighted by molar-refractivity contribution is 5.91. The lowest BCUT2D eigenvalue weighted by Crippen LogP contribution is -2.08. The molecule has 0 amide bonds. The fourth-order valence-corrected chi connectivity index (χ4v) is 1.57. The zero-order valence-electron chi connectivity index (χ0n) is 9.81. The molecule has 0 saturated heterocycles. The van der Waals surface area contributed by atoms with Crippen LogP contribution in [0.3, 0.4) is 0 Å². The van der Waals surface area contributed by atoms with Crippen molar-refractivity contribution in [1.29, 1.82) is 0 Å². The van der Waals surface area contributed by atoms with E-state index in [2.05, 4.69) is 0 Å². The van der Waals surface area contributed by atoms with Crippen molar-refractivity contribution in [3.8, 4) is 0 Å². The highest BCUT2D eigenvalue weighted by Gasteiger charge is 2.12. The summed E-state index contributed by atoms with van der Waals surface area (Å²) in [6.07, 6.45) is 1.89. The molecule has 0 aliphatic rings. The molecular weight excluding hydrogens is 220 g/mol. The van der Waals surface area contributed by atoms with Gasteiger partial charge in [-0.05, 0) is 30.5 Å². The van der Waals surface area contributed by atoms with Gasteiger partial charge in [-0.3, -0.25) is 0 Å². The first kappa shape index (κ1) is 13.4. The lowest BCUT2D eigenvalue weighted by molar-refractivity contribution is -0.107. The molecule has 4 heteroatoms. The summed E-state index contributed by atoms with van der Waals surface area (Å²) in [5, 5.41) is 9.21.